The molecular weight excluding hydrogens is 246 g/mol. The fourth-order valence-electron chi connectivity index (χ4n) is 1.47. The Labute approximate surface area is 110 Å². The standard InChI is InChI=1S/C12H15N5S/c1-4-9-16-10(13-3)8(2)11(17-9)18-12-14-6-5-7-15-12/h5-7H,4H2,1-3H3,(H,13,16,17). The number of hydrogen-bond acceptors (Lipinski definition) is 6. The minimum atomic E-state index is 0.698. The van der Waals surface area contributed by atoms with Crippen LogP contribution in [0.2, 0.25) is 0 Å². The van der Waals surface area contributed by atoms with E-state index in [9.17, 15) is 0 Å². The van der Waals surface area contributed by atoms with E-state index in [0.717, 1.165) is 28.7 Å². The summed E-state index contributed by atoms with van der Waals surface area (Å²) >= 11 is 1.46. The third-order valence-corrected chi connectivity index (χ3v) is 3.41. The fourth-order valence-corrected chi connectivity index (χ4v) is 2.27. The molecule has 0 saturated carbocycles. The largest absolute Gasteiger partial charge is 0.373 e. The molecule has 18 heavy (non-hydrogen) atoms. The smallest absolute Gasteiger partial charge is 0.193 e. The highest BCUT2D eigenvalue weighted by Crippen LogP contribution is 2.28. The molecule has 0 aromatic carbocycles. The van der Waals surface area contributed by atoms with Crippen LogP contribution < -0.4 is 5.32 Å². The van der Waals surface area contributed by atoms with Crippen molar-refractivity contribution in [1.82, 2.24) is 19.9 Å². The molecule has 0 spiro atoms. The van der Waals surface area contributed by atoms with Crippen molar-refractivity contribution < 1.29 is 0 Å². The van der Waals surface area contributed by atoms with Crippen LogP contribution in [0.3, 0.4) is 0 Å². The van der Waals surface area contributed by atoms with Gasteiger partial charge >= 0.3 is 0 Å². The molecular formula is C12H15N5S. The molecule has 1 N–H and O–H groups in total. The van der Waals surface area contributed by atoms with Gasteiger partial charge in [-0.15, -0.1) is 0 Å². The van der Waals surface area contributed by atoms with Crippen molar-refractivity contribution in [3.63, 3.8) is 0 Å². The molecule has 0 fully saturated rings. The first-order valence-electron chi connectivity index (χ1n) is 5.74. The molecule has 0 aliphatic rings. The van der Waals surface area contributed by atoms with Crippen molar-refractivity contribution in [3.05, 3.63) is 29.8 Å². The maximum absolute atomic E-state index is 4.53. The van der Waals surface area contributed by atoms with Gasteiger partial charge in [-0.2, -0.15) is 0 Å². The van der Waals surface area contributed by atoms with E-state index < -0.39 is 0 Å². The van der Waals surface area contributed by atoms with E-state index in [0.29, 0.717) is 5.16 Å². The minimum Gasteiger partial charge on any atom is -0.373 e. The first-order chi connectivity index (χ1) is 8.74. The van der Waals surface area contributed by atoms with Crippen LogP contribution in [0.4, 0.5) is 5.82 Å². The highest BCUT2D eigenvalue weighted by Gasteiger charge is 2.11. The highest BCUT2D eigenvalue weighted by molar-refractivity contribution is 7.99. The topological polar surface area (TPSA) is 63.6 Å². The molecule has 94 valence electrons. The summed E-state index contributed by atoms with van der Waals surface area (Å²) in [5, 5.41) is 4.69. The lowest BCUT2D eigenvalue weighted by molar-refractivity contribution is 0.868. The summed E-state index contributed by atoms with van der Waals surface area (Å²) in [4.78, 5) is 17.4. The molecule has 0 aliphatic heterocycles. The van der Waals surface area contributed by atoms with E-state index in [1.807, 2.05) is 20.9 Å². The second-order valence-electron chi connectivity index (χ2n) is 3.66. The number of aromatic nitrogens is 4. The van der Waals surface area contributed by atoms with Crippen molar-refractivity contribution in [2.24, 2.45) is 0 Å². The van der Waals surface area contributed by atoms with Crippen molar-refractivity contribution in [1.29, 1.82) is 0 Å². The summed E-state index contributed by atoms with van der Waals surface area (Å²) in [6, 6.07) is 1.80. The van der Waals surface area contributed by atoms with Gasteiger partial charge in [-0.3, -0.25) is 0 Å². The van der Waals surface area contributed by atoms with E-state index >= 15 is 0 Å². The van der Waals surface area contributed by atoms with Crippen LogP contribution in [-0.4, -0.2) is 27.0 Å². The first-order valence-corrected chi connectivity index (χ1v) is 6.56. The number of anilines is 1. The predicted octanol–water partition coefficient (Wildman–Crippen LogP) is 2.33. The van der Waals surface area contributed by atoms with Gasteiger partial charge in [0.25, 0.3) is 0 Å². The van der Waals surface area contributed by atoms with Gasteiger partial charge in [-0.05, 0) is 24.8 Å². The van der Waals surface area contributed by atoms with Gasteiger partial charge < -0.3 is 5.32 Å². The molecule has 2 rings (SSSR count). The van der Waals surface area contributed by atoms with E-state index in [2.05, 4.69) is 25.3 Å². The third-order valence-electron chi connectivity index (χ3n) is 2.43. The van der Waals surface area contributed by atoms with Gasteiger partial charge in [0.2, 0.25) is 0 Å². The van der Waals surface area contributed by atoms with Gasteiger partial charge in [0, 0.05) is 31.4 Å². The lowest BCUT2D eigenvalue weighted by Crippen LogP contribution is -2.04. The predicted molar refractivity (Wildman–Crippen MR) is 71.8 cm³/mol. The molecule has 5 nitrogen and oxygen atoms in total. The quantitative estimate of drug-likeness (QED) is 0.673. The summed E-state index contributed by atoms with van der Waals surface area (Å²) in [5.74, 6) is 1.68. The number of rotatable bonds is 4. The molecule has 0 aliphatic carbocycles. The van der Waals surface area contributed by atoms with Crippen LogP contribution in [0, 0.1) is 6.92 Å². The van der Waals surface area contributed by atoms with Crippen LogP contribution in [0.25, 0.3) is 0 Å². The monoisotopic (exact) mass is 261 g/mol. The average Bonchev–Trinajstić information content (AvgIpc) is 2.42. The highest BCUT2D eigenvalue weighted by atomic mass is 32.2. The number of nitrogens with zero attached hydrogens (tertiary/aromatic N) is 4. The Bertz CT molecular complexity index is 529. The lowest BCUT2D eigenvalue weighted by Gasteiger charge is -2.10. The maximum atomic E-state index is 4.53. The second kappa shape index (κ2) is 5.77. The van der Waals surface area contributed by atoms with Gasteiger partial charge in [-0.1, -0.05) is 6.92 Å². The van der Waals surface area contributed by atoms with E-state index in [4.69, 9.17) is 0 Å². The van der Waals surface area contributed by atoms with Gasteiger partial charge in [0.05, 0.1) is 0 Å². The number of aryl methyl sites for hydroxylation is 1. The minimum absolute atomic E-state index is 0.698. The zero-order valence-electron chi connectivity index (χ0n) is 10.6. The summed E-state index contributed by atoms with van der Waals surface area (Å²) in [6.07, 6.45) is 4.26. The Balaban J connectivity index is 2.37. The van der Waals surface area contributed by atoms with Crippen molar-refractivity contribution >= 4 is 17.6 Å². The zero-order chi connectivity index (χ0) is 13.0. The average molecular weight is 261 g/mol. The molecule has 2 aromatic heterocycles. The van der Waals surface area contributed by atoms with Crippen molar-refractivity contribution in [2.45, 2.75) is 30.5 Å². The van der Waals surface area contributed by atoms with E-state index in [1.165, 1.54) is 11.8 Å². The summed E-state index contributed by atoms with van der Waals surface area (Å²) in [6.45, 7) is 4.04. The Morgan fingerprint density at radius 3 is 2.56 bits per heavy atom. The summed E-state index contributed by atoms with van der Waals surface area (Å²) < 4.78 is 0. The molecule has 0 atom stereocenters. The van der Waals surface area contributed by atoms with Crippen molar-refractivity contribution in [3.8, 4) is 0 Å². The first kappa shape index (κ1) is 12.8. The van der Waals surface area contributed by atoms with Gasteiger partial charge in [-0.25, -0.2) is 19.9 Å². The molecule has 0 bridgehead atoms. The SMILES string of the molecule is CCc1nc(NC)c(C)c(Sc2ncccn2)n1. The molecule has 0 saturated heterocycles. The Morgan fingerprint density at radius 1 is 1.22 bits per heavy atom. The Hall–Kier alpha value is -1.69. The molecule has 6 heteroatoms. The molecule has 0 unspecified atom stereocenters. The molecule has 0 radical (unpaired) electrons. The van der Waals surface area contributed by atoms with Crippen molar-refractivity contribution in [2.75, 3.05) is 12.4 Å². The third kappa shape index (κ3) is 2.76. The Kier molecular flexibility index (Phi) is 4.09. The summed E-state index contributed by atoms with van der Waals surface area (Å²) in [5.41, 5.74) is 1.02. The molecule has 2 heterocycles. The lowest BCUT2D eigenvalue weighted by atomic mass is 10.3. The number of nitrogens with one attached hydrogen (secondary N) is 1. The maximum Gasteiger partial charge on any atom is 0.193 e. The molecule has 2 aromatic rings. The van der Waals surface area contributed by atoms with Gasteiger partial charge in [0.1, 0.15) is 16.7 Å². The fraction of sp³-hybridized carbons (Fsp3) is 0.333. The summed E-state index contributed by atoms with van der Waals surface area (Å²) in [7, 11) is 1.86. The normalized spacial score (nSPS) is 10.4. The molecule has 0 amide bonds. The van der Waals surface area contributed by atoms with Crippen LogP contribution >= 0.6 is 11.8 Å². The Morgan fingerprint density at radius 2 is 1.94 bits per heavy atom. The van der Waals surface area contributed by atoms with Gasteiger partial charge in [0.15, 0.2) is 5.16 Å². The second-order valence-corrected chi connectivity index (χ2v) is 4.61. The van der Waals surface area contributed by atoms with Crippen LogP contribution in [0.15, 0.2) is 28.6 Å². The van der Waals surface area contributed by atoms with Crippen LogP contribution in [-0.2, 0) is 6.42 Å². The van der Waals surface area contributed by atoms with E-state index in [-0.39, 0.29) is 0 Å². The number of hydrogen-bond donors (Lipinski definition) is 1. The zero-order valence-corrected chi connectivity index (χ0v) is 11.5. The van der Waals surface area contributed by atoms with Crippen LogP contribution in [0.1, 0.15) is 18.3 Å². The van der Waals surface area contributed by atoms with E-state index in [1.54, 1.807) is 18.5 Å². The van der Waals surface area contributed by atoms with Crippen LogP contribution in [0.5, 0.6) is 0 Å².